The van der Waals surface area contributed by atoms with E-state index >= 15 is 0 Å². The molecule has 80 valence electrons. The first kappa shape index (κ1) is 9.21. The second-order valence-corrected chi connectivity index (χ2v) is 6.24. The van der Waals surface area contributed by atoms with Crippen LogP contribution in [0.3, 0.4) is 0 Å². The highest BCUT2D eigenvalue weighted by molar-refractivity contribution is 5.02. The highest BCUT2D eigenvalue weighted by atomic mass is 15.0. The van der Waals surface area contributed by atoms with Crippen LogP contribution in [-0.4, -0.2) is 12.1 Å². The van der Waals surface area contributed by atoms with Gasteiger partial charge < -0.3 is 5.32 Å². The van der Waals surface area contributed by atoms with Crippen LogP contribution in [0.25, 0.3) is 0 Å². The fourth-order valence-electron chi connectivity index (χ4n) is 2.69. The van der Waals surface area contributed by atoms with Gasteiger partial charge in [-0.1, -0.05) is 6.92 Å². The number of hydrogen-bond donors (Lipinski definition) is 1. The molecule has 1 N–H and O–H groups in total. The van der Waals surface area contributed by atoms with Crippen LogP contribution in [0.4, 0.5) is 0 Å². The monoisotopic (exact) mass is 193 g/mol. The molecule has 3 fully saturated rings. The average Bonchev–Trinajstić information content (AvgIpc) is 2.95. The van der Waals surface area contributed by atoms with E-state index in [0.717, 1.165) is 23.9 Å². The molecule has 0 aromatic heterocycles. The van der Waals surface area contributed by atoms with Crippen molar-refractivity contribution in [1.29, 1.82) is 0 Å². The summed E-state index contributed by atoms with van der Waals surface area (Å²) in [6.45, 7) is 4.85. The summed E-state index contributed by atoms with van der Waals surface area (Å²) in [6, 6.07) is 1.65. The highest BCUT2D eigenvalue weighted by Gasteiger charge is 2.47. The molecule has 1 unspecified atom stereocenters. The molecule has 0 radical (unpaired) electrons. The molecule has 0 aliphatic heterocycles. The standard InChI is InChI=1S/C13H23N/c1-9(13(2)7-8-13)14-12(10-3-4-10)11-5-6-11/h9-12,14H,3-8H2,1-2H3. The number of nitrogens with one attached hydrogen (secondary N) is 1. The smallest absolute Gasteiger partial charge is 0.0126 e. The zero-order valence-electron chi connectivity index (χ0n) is 9.55. The number of hydrogen-bond acceptors (Lipinski definition) is 1. The summed E-state index contributed by atoms with van der Waals surface area (Å²) in [7, 11) is 0. The van der Waals surface area contributed by atoms with Crippen LogP contribution in [0.15, 0.2) is 0 Å². The Morgan fingerprint density at radius 1 is 1.07 bits per heavy atom. The van der Waals surface area contributed by atoms with Gasteiger partial charge in [-0.3, -0.25) is 0 Å². The zero-order valence-corrected chi connectivity index (χ0v) is 9.55. The van der Waals surface area contributed by atoms with Crippen LogP contribution >= 0.6 is 0 Å². The molecule has 0 amide bonds. The number of rotatable bonds is 5. The summed E-state index contributed by atoms with van der Waals surface area (Å²) in [5, 5.41) is 3.94. The lowest BCUT2D eigenvalue weighted by atomic mass is 9.97. The first-order valence-corrected chi connectivity index (χ1v) is 6.45. The Labute approximate surface area is 87.7 Å². The zero-order chi connectivity index (χ0) is 9.76. The first-order chi connectivity index (χ1) is 6.69. The van der Waals surface area contributed by atoms with Crippen LogP contribution in [0.2, 0.25) is 0 Å². The average molecular weight is 193 g/mol. The molecule has 0 aromatic carbocycles. The molecule has 3 saturated carbocycles. The van der Waals surface area contributed by atoms with Crippen molar-refractivity contribution in [3.63, 3.8) is 0 Å². The fraction of sp³-hybridized carbons (Fsp3) is 1.00. The lowest BCUT2D eigenvalue weighted by Gasteiger charge is -2.27. The van der Waals surface area contributed by atoms with Gasteiger partial charge in [0.25, 0.3) is 0 Å². The molecular weight excluding hydrogens is 170 g/mol. The maximum Gasteiger partial charge on any atom is 0.0126 e. The van der Waals surface area contributed by atoms with Gasteiger partial charge in [-0.25, -0.2) is 0 Å². The molecule has 3 aliphatic carbocycles. The lowest BCUT2D eigenvalue weighted by Crippen LogP contribution is -2.43. The van der Waals surface area contributed by atoms with Crippen LogP contribution in [0, 0.1) is 17.3 Å². The first-order valence-electron chi connectivity index (χ1n) is 6.45. The molecule has 1 nitrogen and oxygen atoms in total. The minimum atomic E-state index is 0.655. The normalized spacial score (nSPS) is 31.9. The largest absolute Gasteiger partial charge is 0.310 e. The van der Waals surface area contributed by atoms with Crippen molar-refractivity contribution in [2.45, 2.75) is 64.5 Å². The van der Waals surface area contributed by atoms with Crippen LogP contribution < -0.4 is 5.32 Å². The molecule has 3 aliphatic rings. The molecule has 0 aromatic rings. The summed E-state index contributed by atoms with van der Waals surface area (Å²) < 4.78 is 0. The van der Waals surface area contributed by atoms with Gasteiger partial charge in [0.05, 0.1) is 0 Å². The molecule has 3 rings (SSSR count). The quantitative estimate of drug-likeness (QED) is 0.708. The Bertz CT molecular complexity index is 211. The molecule has 0 heterocycles. The molecular formula is C13H23N. The van der Waals surface area contributed by atoms with E-state index in [4.69, 9.17) is 0 Å². The van der Waals surface area contributed by atoms with Gasteiger partial charge in [0.15, 0.2) is 0 Å². The van der Waals surface area contributed by atoms with Gasteiger partial charge in [-0.15, -0.1) is 0 Å². The van der Waals surface area contributed by atoms with Gasteiger partial charge in [0.2, 0.25) is 0 Å². The maximum absolute atomic E-state index is 3.94. The van der Waals surface area contributed by atoms with E-state index in [9.17, 15) is 0 Å². The Morgan fingerprint density at radius 2 is 1.57 bits per heavy atom. The summed E-state index contributed by atoms with van der Waals surface area (Å²) in [6.07, 6.45) is 8.89. The third kappa shape index (κ3) is 1.71. The van der Waals surface area contributed by atoms with Gasteiger partial charge >= 0.3 is 0 Å². The molecule has 1 heteroatoms. The maximum atomic E-state index is 3.94. The Morgan fingerprint density at radius 3 is 1.93 bits per heavy atom. The molecule has 0 bridgehead atoms. The second-order valence-electron chi connectivity index (χ2n) is 6.24. The van der Waals surface area contributed by atoms with Crippen molar-refractivity contribution in [1.82, 2.24) is 5.32 Å². The lowest BCUT2D eigenvalue weighted by molar-refractivity contribution is 0.300. The van der Waals surface area contributed by atoms with Gasteiger partial charge in [-0.2, -0.15) is 0 Å². The van der Waals surface area contributed by atoms with Crippen molar-refractivity contribution < 1.29 is 0 Å². The molecule has 14 heavy (non-hydrogen) atoms. The van der Waals surface area contributed by atoms with Crippen LogP contribution in [0.5, 0.6) is 0 Å². The van der Waals surface area contributed by atoms with Crippen molar-refractivity contribution in [3.8, 4) is 0 Å². The van der Waals surface area contributed by atoms with E-state index in [-0.39, 0.29) is 0 Å². The highest BCUT2D eigenvalue weighted by Crippen LogP contribution is 2.50. The van der Waals surface area contributed by atoms with Crippen molar-refractivity contribution in [3.05, 3.63) is 0 Å². The van der Waals surface area contributed by atoms with Gasteiger partial charge in [-0.05, 0) is 62.7 Å². The fourth-order valence-corrected chi connectivity index (χ4v) is 2.69. The topological polar surface area (TPSA) is 12.0 Å². The van der Waals surface area contributed by atoms with E-state index in [1.807, 2.05) is 0 Å². The van der Waals surface area contributed by atoms with Crippen molar-refractivity contribution in [2.24, 2.45) is 17.3 Å². The second kappa shape index (κ2) is 2.98. The third-order valence-corrected chi connectivity index (χ3v) is 4.79. The van der Waals surface area contributed by atoms with E-state index in [0.29, 0.717) is 5.41 Å². The van der Waals surface area contributed by atoms with E-state index in [2.05, 4.69) is 19.2 Å². The van der Waals surface area contributed by atoms with Crippen LogP contribution in [-0.2, 0) is 0 Å². The van der Waals surface area contributed by atoms with E-state index in [1.165, 1.54) is 38.5 Å². The van der Waals surface area contributed by atoms with Crippen molar-refractivity contribution >= 4 is 0 Å². The Hall–Kier alpha value is -0.0400. The minimum absolute atomic E-state index is 0.655. The van der Waals surface area contributed by atoms with Gasteiger partial charge in [0.1, 0.15) is 0 Å². The summed E-state index contributed by atoms with van der Waals surface area (Å²) in [5.41, 5.74) is 0.655. The summed E-state index contributed by atoms with van der Waals surface area (Å²) in [5.74, 6) is 2.10. The van der Waals surface area contributed by atoms with Crippen LogP contribution in [0.1, 0.15) is 52.4 Å². The molecule has 1 atom stereocenters. The predicted octanol–water partition coefficient (Wildman–Crippen LogP) is 2.95. The molecule has 0 saturated heterocycles. The van der Waals surface area contributed by atoms with E-state index < -0.39 is 0 Å². The Kier molecular flexibility index (Phi) is 1.96. The van der Waals surface area contributed by atoms with Crippen molar-refractivity contribution in [2.75, 3.05) is 0 Å². The predicted molar refractivity (Wildman–Crippen MR) is 59.2 cm³/mol. The third-order valence-electron chi connectivity index (χ3n) is 4.79. The Balaban J connectivity index is 1.57. The molecule has 0 spiro atoms. The van der Waals surface area contributed by atoms with Gasteiger partial charge in [0, 0.05) is 12.1 Å². The minimum Gasteiger partial charge on any atom is -0.310 e. The van der Waals surface area contributed by atoms with E-state index in [1.54, 1.807) is 0 Å². The summed E-state index contributed by atoms with van der Waals surface area (Å²) >= 11 is 0. The SMILES string of the molecule is CC(NC(C1CC1)C1CC1)C1(C)CC1. The summed E-state index contributed by atoms with van der Waals surface area (Å²) in [4.78, 5) is 0.